The van der Waals surface area contributed by atoms with Crippen LogP contribution in [0.4, 0.5) is 17.6 Å². The Morgan fingerprint density at radius 1 is 1.00 bits per heavy atom. The molecule has 0 aliphatic rings. The van der Waals surface area contributed by atoms with Crippen LogP contribution in [0.2, 0.25) is 0 Å². The largest absolute Gasteiger partial charge is 0.485 e. The Balaban J connectivity index is 3.66. The Hall–Kier alpha value is -1.35. The summed E-state index contributed by atoms with van der Waals surface area (Å²) >= 11 is 0. The minimum atomic E-state index is -5.44. The smallest absolute Gasteiger partial charge is 0.300 e. The summed E-state index contributed by atoms with van der Waals surface area (Å²) in [6.07, 6.45) is -0.801. The third-order valence-corrected chi connectivity index (χ3v) is 2.67. The fraction of sp³-hybridized carbons (Fsp3) is 0.333. The SMILES string of the molecule is CC(C)Oc1c(F)c(F)c(S(=O)(=O)O)c(F)c1F. The number of hydrogen-bond donors (Lipinski definition) is 1. The summed E-state index contributed by atoms with van der Waals surface area (Å²) in [7, 11) is -5.44. The highest BCUT2D eigenvalue weighted by Gasteiger charge is 2.33. The first-order chi connectivity index (χ1) is 8.07. The number of hydrogen-bond acceptors (Lipinski definition) is 3. The Bertz CT molecular complexity index is 554. The maximum Gasteiger partial charge on any atom is 0.300 e. The molecule has 0 atom stereocenters. The Morgan fingerprint density at radius 2 is 1.39 bits per heavy atom. The van der Waals surface area contributed by atoms with Crippen molar-refractivity contribution < 1.29 is 35.3 Å². The molecule has 0 bridgehead atoms. The lowest BCUT2D eigenvalue weighted by molar-refractivity contribution is 0.209. The summed E-state index contributed by atoms with van der Waals surface area (Å²) < 4.78 is 87.3. The normalized spacial score (nSPS) is 12.0. The molecule has 0 spiro atoms. The summed E-state index contributed by atoms with van der Waals surface area (Å²) in [5, 5.41) is 0. The molecule has 102 valence electrons. The van der Waals surface area contributed by atoms with Crippen molar-refractivity contribution in [2.45, 2.75) is 24.8 Å². The van der Waals surface area contributed by atoms with Crippen molar-refractivity contribution in [1.82, 2.24) is 0 Å². The zero-order valence-electron chi connectivity index (χ0n) is 9.17. The second-order valence-electron chi connectivity index (χ2n) is 3.56. The van der Waals surface area contributed by atoms with Gasteiger partial charge in [-0.15, -0.1) is 0 Å². The summed E-state index contributed by atoms with van der Waals surface area (Å²) in [4.78, 5) is -2.09. The maximum absolute atomic E-state index is 13.3. The van der Waals surface area contributed by atoms with Crippen LogP contribution >= 0.6 is 0 Å². The van der Waals surface area contributed by atoms with Gasteiger partial charge in [-0.25, -0.2) is 8.78 Å². The van der Waals surface area contributed by atoms with Crippen LogP contribution in [-0.4, -0.2) is 19.1 Å². The van der Waals surface area contributed by atoms with Crippen LogP contribution in [0.25, 0.3) is 0 Å². The van der Waals surface area contributed by atoms with E-state index in [9.17, 15) is 26.0 Å². The Kier molecular flexibility index (Phi) is 3.86. The number of benzene rings is 1. The van der Waals surface area contributed by atoms with Gasteiger partial charge in [0.05, 0.1) is 6.10 Å². The molecule has 9 heteroatoms. The van der Waals surface area contributed by atoms with E-state index in [0.29, 0.717) is 0 Å². The average molecular weight is 288 g/mol. The first-order valence-corrected chi connectivity index (χ1v) is 6.01. The molecule has 4 nitrogen and oxygen atoms in total. The van der Waals surface area contributed by atoms with Crippen LogP contribution in [0.5, 0.6) is 5.75 Å². The van der Waals surface area contributed by atoms with Crippen molar-refractivity contribution in [3.63, 3.8) is 0 Å². The highest BCUT2D eigenvalue weighted by Crippen LogP contribution is 2.32. The second-order valence-corrected chi connectivity index (χ2v) is 4.91. The molecule has 0 aromatic heterocycles. The molecule has 0 radical (unpaired) electrons. The predicted molar refractivity (Wildman–Crippen MR) is 51.9 cm³/mol. The van der Waals surface area contributed by atoms with Crippen LogP contribution in [0.15, 0.2) is 4.90 Å². The molecule has 1 aromatic carbocycles. The highest BCUT2D eigenvalue weighted by atomic mass is 32.2. The molecule has 0 amide bonds. The molecule has 1 N–H and O–H groups in total. The number of halogens is 4. The van der Waals surface area contributed by atoms with Gasteiger partial charge in [-0.05, 0) is 13.8 Å². The van der Waals surface area contributed by atoms with Gasteiger partial charge in [-0.1, -0.05) is 0 Å². The zero-order chi connectivity index (χ0) is 14.2. The van der Waals surface area contributed by atoms with Gasteiger partial charge in [0, 0.05) is 0 Å². The molecule has 1 rings (SSSR count). The molecular weight excluding hydrogens is 280 g/mol. The third-order valence-electron chi connectivity index (χ3n) is 1.79. The summed E-state index contributed by atoms with van der Waals surface area (Å²) in [5.41, 5.74) is 0. The lowest BCUT2D eigenvalue weighted by atomic mass is 10.3. The van der Waals surface area contributed by atoms with Crippen LogP contribution in [-0.2, 0) is 10.1 Å². The standard InChI is InChI=1S/C9H8F4O4S/c1-3(2)17-8-4(10)6(12)9(18(14,15)16)7(13)5(8)11/h3H,1-2H3,(H,14,15,16). The second kappa shape index (κ2) is 4.73. The van der Waals surface area contributed by atoms with E-state index in [2.05, 4.69) is 4.74 Å². The molecule has 1 aromatic rings. The molecule has 18 heavy (non-hydrogen) atoms. The third kappa shape index (κ3) is 2.56. The van der Waals surface area contributed by atoms with E-state index in [1.165, 1.54) is 13.8 Å². The van der Waals surface area contributed by atoms with Crippen LogP contribution < -0.4 is 4.74 Å². The van der Waals surface area contributed by atoms with E-state index >= 15 is 0 Å². The van der Waals surface area contributed by atoms with Crippen molar-refractivity contribution in [3.8, 4) is 5.75 Å². The zero-order valence-corrected chi connectivity index (χ0v) is 9.99. The minimum Gasteiger partial charge on any atom is -0.485 e. The van der Waals surface area contributed by atoms with E-state index in [-0.39, 0.29) is 0 Å². The van der Waals surface area contributed by atoms with Crippen molar-refractivity contribution >= 4 is 10.1 Å². The lowest BCUT2D eigenvalue weighted by Gasteiger charge is -2.13. The van der Waals surface area contributed by atoms with Crippen molar-refractivity contribution in [2.24, 2.45) is 0 Å². The van der Waals surface area contributed by atoms with Gasteiger partial charge in [0.1, 0.15) is 0 Å². The molecule has 0 heterocycles. The van der Waals surface area contributed by atoms with Gasteiger partial charge in [0.2, 0.25) is 11.6 Å². The van der Waals surface area contributed by atoms with Crippen LogP contribution in [0, 0.1) is 23.3 Å². The van der Waals surface area contributed by atoms with E-state index < -0.39 is 50.1 Å². The van der Waals surface area contributed by atoms with Gasteiger partial charge in [0.25, 0.3) is 0 Å². The first-order valence-electron chi connectivity index (χ1n) is 4.57. The molecular formula is C9H8F4O4S. The highest BCUT2D eigenvalue weighted by molar-refractivity contribution is 7.85. The fourth-order valence-corrected chi connectivity index (χ4v) is 1.79. The lowest BCUT2D eigenvalue weighted by Crippen LogP contribution is -2.15. The van der Waals surface area contributed by atoms with Gasteiger partial charge in [-0.2, -0.15) is 17.2 Å². The van der Waals surface area contributed by atoms with Gasteiger partial charge in [-0.3, -0.25) is 4.55 Å². The monoisotopic (exact) mass is 288 g/mol. The van der Waals surface area contributed by atoms with E-state index in [0.717, 1.165) is 0 Å². The first kappa shape index (κ1) is 14.7. The van der Waals surface area contributed by atoms with E-state index in [1.54, 1.807) is 0 Å². The Labute approximate surface area is 99.9 Å². The maximum atomic E-state index is 13.3. The van der Waals surface area contributed by atoms with Crippen LogP contribution in [0.1, 0.15) is 13.8 Å². The molecule has 0 aliphatic carbocycles. The van der Waals surface area contributed by atoms with Crippen molar-refractivity contribution in [3.05, 3.63) is 23.3 Å². The molecule has 0 fully saturated rings. The van der Waals surface area contributed by atoms with Gasteiger partial charge >= 0.3 is 10.1 Å². The van der Waals surface area contributed by atoms with Crippen molar-refractivity contribution in [1.29, 1.82) is 0 Å². The number of rotatable bonds is 3. The van der Waals surface area contributed by atoms with Gasteiger partial charge < -0.3 is 4.74 Å². The molecule has 0 unspecified atom stereocenters. The van der Waals surface area contributed by atoms with E-state index in [1.807, 2.05) is 0 Å². The summed E-state index contributed by atoms with van der Waals surface area (Å²) in [5.74, 6) is -9.93. The topological polar surface area (TPSA) is 63.6 Å². The van der Waals surface area contributed by atoms with Crippen molar-refractivity contribution in [2.75, 3.05) is 0 Å². The molecule has 0 saturated carbocycles. The summed E-state index contributed by atoms with van der Waals surface area (Å²) in [6, 6.07) is 0. The fourth-order valence-electron chi connectivity index (χ4n) is 1.16. The average Bonchev–Trinajstić information content (AvgIpc) is 2.19. The molecule has 0 aliphatic heterocycles. The Morgan fingerprint density at radius 3 is 1.67 bits per heavy atom. The van der Waals surface area contributed by atoms with E-state index in [4.69, 9.17) is 4.55 Å². The number of ether oxygens (including phenoxy) is 1. The van der Waals surface area contributed by atoms with Crippen LogP contribution in [0.3, 0.4) is 0 Å². The molecule has 0 saturated heterocycles. The minimum absolute atomic E-state index is 0.801. The predicted octanol–water partition coefficient (Wildman–Crippen LogP) is 2.28. The summed E-state index contributed by atoms with van der Waals surface area (Å²) in [6.45, 7) is 2.68. The van der Waals surface area contributed by atoms with Gasteiger partial charge in [0.15, 0.2) is 22.3 Å². The quantitative estimate of drug-likeness (QED) is 0.526.